The van der Waals surface area contributed by atoms with Crippen LogP contribution in [0, 0.1) is 6.92 Å². The van der Waals surface area contributed by atoms with E-state index in [0.717, 1.165) is 5.56 Å². The molecule has 6 heteroatoms. The first-order chi connectivity index (χ1) is 9.95. The zero-order chi connectivity index (χ0) is 15.4. The summed E-state index contributed by atoms with van der Waals surface area (Å²) in [4.78, 5) is 19.2. The van der Waals surface area contributed by atoms with Crippen molar-refractivity contribution in [2.24, 2.45) is 0 Å². The number of H-pyrrole nitrogens is 1. The van der Waals surface area contributed by atoms with Crippen LogP contribution in [0.2, 0.25) is 5.02 Å². The summed E-state index contributed by atoms with van der Waals surface area (Å²) in [5, 5.41) is 12.8. The smallest absolute Gasteiger partial charge is 0.256 e. The maximum atomic E-state index is 12.2. The molecule has 0 bridgehead atoms. The van der Waals surface area contributed by atoms with E-state index in [9.17, 15) is 9.90 Å². The molecule has 1 heterocycles. The fourth-order valence-corrected chi connectivity index (χ4v) is 2.08. The van der Waals surface area contributed by atoms with Gasteiger partial charge in [-0.1, -0.05) is 23.7 Å². The van der Waals surface area contributed by atoms with Crippen molar-refractivity contribution in [3.8, 4) is 0 Å². The number of aromatic nitrogens is 2. The van der Waals surface area contributed by atoms with Gasteiger partial charge in [-0.2, -0.15) is 0 Å². The average molecular weight is 308 g/mol. The highest BCUT2D eigenvalue weighted by Crippen LogP contribution is 2.13. The summed E-state index contributed by atoms with van der Waals surface area (Å²) in [7, 11) is 0. The van der Waals surface area contributed by atoms with Crippen molar-refractivity contribution in [3.63, 3.8) is 0 Å². The highest BCUT2D eigenvalue weighted by molar-refractivity contribution is 6.30. The monoisotopic (exact) mass is 307 g/mol. The van der Waals surface area contributed by atoms with E-state index in [4.69, 9.17) is 11.6 Å². The van der Waals surface area contributed by atoms with E-state index in [1.54, 1.807) is 26.0 Å². The van der Waals surface area contributed by atoms with E-state index in [2.05, 4.69) is 15.3 Å². The fraction of sp³-hybridized carbons (Fsp3) is 0.333. The third-order valence-electron chi connectivity index (χ3n) is 3.08. The van der Waals surface area contributed by atoms with Crippen LogP contribution in [0.1, 0.15) is 23.7 Å². The Morgan fingerprint density at radius 1 is 1.38 bits per heavy atom. The lowest BCUT2D eigenvalue weighted by Crippen LogP contribution is -2.23. The molecule has 112 valence electrons. The summed E-state index contributed by atoms with van der Waals surface area (Å²) in [5.41, 5.74) is 2.12. The average Bonchev–Trinajstić information content (AvgIpc) is 2.42. The predicted octanol–water partition coefficient (Wildman–Crippen LogP) is 2.12. The third kappa shape index (κ3) is 4.31. The predicted molar refractivity (Wildman–Crippen MR) is 84.0 cm³/mol. The standard InChI is InChI=1S/C15H18ClN3O2/c1-9(20)8-17-15-18-10(2)13(14(21)19-15)7-11-3-5-12(16)6-4-11/h3-6,9,20H,7-8H2,1-2H3,(H2,17,18,19,21). The van der Waals surface area contributed by atoms with Gasteiger partial charge >= 0.3 is 0 Å². The van der Waals surface area contributed by atoms with Gasteiger partial charge in [-0.3, -0.25) is 9.78 Å². The van der Waals surface area contributed by atoms with E-state index >= 15 is 0 Å². The Kier molecular flexibility index (Phi) is 4.98. The first kappa shape index (κ1) is 15.5. The summed E-state index contributed by atoms with van der Waals surface area (Å²) >= 11 is 5.85. The van der Waals surface area contributed by atoms with Crippen molar-refractivity contribution in [3.05, 3.63) is 56.5 Å². The van der Waals surface area contributed by atoms with Crippen molar-refractivity contribution < 1.29 is 5.11 Å². The lowest BCUT2D eigenvalue weighted by atomic mass is 10.1. The Hall–Kier alpha value is -1.85. The van der Waals surface area contributed by atoms with E-state index in [1.807, 2.05) is 12.1 Å². The van der Waals surface area contributed by atoms with Gasteiger partial charge in [0.25, 0.3) is 5.56 Å². The molecule has 1 atom stereocenters. The minimum absolute atomic E-state index is 0.175. The van der Waals surface area contributed by atoms with E-state index in [1.165, 1.54) is 0 Å². The quantitative estimate of drug-likeness (QED) is 0.790. The molecule has 2 rings (SSSR count). The van der Waals surface area contributed by atoms with E-state index < -0.39 is 6.10 Å². The number of halogens is 1. The Bertz CT molecular complexity index is 666. The van der Waals surface area contributed by atoms with Crippen LogP contribution in [0.25, 0.3) is 0 Å². The second-order valence-electron chi connectivity index (χ2n) is 5.01. The van der Waals surface area contributed by atoms with Gasteiger partial charge in [0, 0.05) is 23.6 Å². The molecule has 1 aromatic carbocycles. The summed E-state index contributed by atoms with van der Waals surface area (Å²) in [6.45, 7) is 3.79. The maximum absolute atomic E-state index is 12.2. The third-order valence-corrected chi connectivity index (χ3v) is 3.33. The van der Waals surface area contributed by atoms with Crippen LogP contribution >= 0.6 is 11.6 Å². The van der Waals surface area contributed by atoms with Gasteiger partial charge in [0.1, 0.15) is 0 Å². The highest BCUT2D eigenvalue weighted by Gasteiger charge is 2.09. The number of rotatable bonds is 5. The lowest BCUT2D eigenvalue weighted by Gasteiger charge is -2.10. The Balaban J connectivity index is 2.20. The number of anilines is 1. The molecule has 21 heavy (non-hydrogen) atoms. The van der Waals surface area contributed by atoms with Gasteiger partial charge in [-0.05, 0) is 31.5 Å². The van der Waals surface area contributed by atoms with E-state index in [-0.39, 0.29) is 5.56 Å². The summed E-state index contributed by atoms with van der Waals surface area (Å²) in [6, 6.07) is 7.38. The molecule has 0 aliphatic carbocycles. The first-order valence-corrected chi connectivity index (χ1v) is 7.09. The molecule has 5 nitrogen and oxygen atoms in total. The van der Waals surface area contributed by atoms with Gasteiger partial charge in [-0.15, -0.1) is 0 Å². The number of aryl methyl sites for hydroxylation is 1. The number of benzene rings is 1. The molecule has 2 aromatic rings. The summed E-state index contributed by atoms with van der Waals surface area (Å²) in [6.07, 6.45) is -0.00786. The first-order valence-electron chi connectivity index (χ1n) is 6.72. The molecule has 0 aliphatic heterocycles. The number of nitrogens with one attached hydrogen (secondary N) is 2. The van der Waals surface area contributed by atoms with Crippen LogP contribution in [0.5, 0.6) is 0 Å². The normalized spacial score (nSPS) is 12.2. The van der Waals surface area contributed by atoms with Crippen LogP contribution in [0.15, 0.2) is 29.1 Å². The molecule has 0 saturated heterocycles. The maximum Gasteiger partial charge on any atom is 0.256 e. The Morgan fingerprint density at radius 2 is 2.05 bits per heavy atom. The molecule has 0 amide bonds. The zero-order valence-corrected chi connectivity index (χ0v) is 12.7. The fourth-order valence-electron chi connectivity index (χ4n) is 1.95. The van der Waals surface area contributed by atoms with Gasteiger partial charge in [0.2, 0.25) is 5.95 Å². The number of aromatic amines is 1. The summed E-state index contributed by atoms with van der Waals surface area (Å²) in [5.74, 6) is 0.373. The lowest BCUT2D eigenvalue weighted by molar-refractivity contribution is 0.208. The molecule has 0 spiro atoms. The van der Waals surface area contributed by atoms with Gasteiger partial charge in [0.15, 0.2) is 0 Å². The van der Waals surface area contributed by atoms with Gasteiger partial charge < -0.3 is 10.4 Å². The Labute approximate surface area is 128 Å². The summed E-state index contributed by atoms with van der Waals surface area (Å²) < 4.78 is 0. The molecule has 0 radical (unpaired) electrons. The zero-order valence-electron chi connectivity index (χ0n) is 12.0. The highest BCUT2D eigenvalue weighted by atomic mass is 35.5. The minimum Gasteiger partial charge on any atom is -0.392 e. The molecule has 0 aliphatic rings. The second kappa shape index (κ2) is 6.74. The van der Waals surface area contributed by atoms with Crippen molar-refractivity contribution >= 4 is 17.5 Å². The van der Waals surface area contributed by atoms with Crippen molar-refractivity contribution in [1.82, 2.24) is 9.97 Å². The topological polar surface area (TPSA) is 78.0 Å². The number of hydrogen-bond acceptors (Lipinski definition) is 4. The Morgan fingerprint density at radius 3 is 2.62 bits per heavy atom. The molecular formula is C15H18ClN3O2. The molecule has 0 saturated carbocycles. The SMILES string of the molecule is Cc1nc(NCC(C)O)[nH]c(=O)c1Cc1ccc(Cl)cc1. The van der Waals surface area contributed by atoms with Gasteiger partial charge in [-0.25, -0.2) is 4.98 Å². The molecule has 1 aromatic heterocycles. The van der Waals surface area contributed by atoms with Crippen molar-refractivity contribution in [2.45, 2.75) is 26.4 Å². The minimum atomic E-state index is -0.510. The molecule has 1 unspecified atom stereocenters. The van der Waals surface area contributed by atoms with Crippen molar-refractivity contribution in [2.75, 3.05) is 11.9 Å². The van der Waals surface area contributed by atoms with E-state index in [0.29, 0.717) is 35.2 Å². The number of hydrogen-bond donors (Lipinski definition) is 3. The molecular weight excluding hydrogens is 290 g/mol. The number of aliphatic hydroxyl groups excluding tert-OH is 1. The van der Waals surface area contributed by atoms with Gasteiger partial charge in [0.05, 0.1) is 11.8 Å². The number of aliphatic hydroxyl groups is 1. The largest absolute Gasteiger partial charge is 0.392 e. The molecule has 3 N–H and O–H groups in total. The second-order valence-corrected chi connectivity index (χ2v) is 5.45. The van der Waals surface area contributed by atoms with Crippen LogP contribution in [-0.2, 0) is 6.42 Å². The van der Waals surface area contributed by atoms with Crippen LogP contribution < -0.4 is 10.9 Å². The molecule has 0 fully saturated rings. The van der Waals surface area contributed by atoms with Crippen LogP contribution in [-0.4, -0.2) is 27.7 Å². The van der Waals surface area contributed by atoms with Crippen LogP contribution in [0.4, 0.5) is 5.95 Å². The number of nitrogens with zero attached hydrogens (tertiary/aromatic N) is 1. The van der Waals surface area contributed by atoms with Crippen LogP contribution in [0.3, 0.4) is 0 Å². The van der Waals surface area contributed by atoms with Crippen molar-refractivity contribution in [1.29, 1.82) is 0 Å².